The van der Waals surface area contributed by atoms with Crippen molar-refractivity contribution < 1.29 is 168 Å². The Morgan fingerprint density at radius 1 is 0.348 bits per heavy atom. The molecule has 0 aliphatic rings. The topological polar surface area (TPSA) is 331 Å². The standard InChI is InChI=1S/5NO3.2Rb.Sc/c5*2-1(3)4;;;/q5*-1;2*+1;+3. The summed E-state index contributed by atoms with van der Waals surface area (Å²) < 4.78 is 0. The largest absolute Gasteiger partial charge is 3.00 e. The molecular weight excluding hydrogens is 526 g/mol. The van der Waals surface area contributed by atoms with Crippen LogP contribution in [0.4, 0.5) is 0 Å². The van der Waals surface area contributed by atoms with Crippen molar-refractivity contribution in [1.29, 1.82) is 0 Å². The number of hydrogen-bond acceptors (Lipinski definition) is 15. The van der Waals surface area contributed by atoms with Crippen LogP contribution < -0.4 is 116 Å². The fourth-order valence-electron chi connectivity index (χ4n) is 0. The van der Waals surface area contributed by atoms with Gasteiger partial charge in [0.25, 0.3) is 0 Å². The first-order valence-corrected chi connectivity index (χ1v) is 2.74. The molecule has 0 fully saturated rings. The van der Waals surface area contributed by atoms with Crippen LogP contribution in [0.3, 0.4) is 0 Å². The van der Waals surface area contributed by atoms with E-state index in [9.17, 15) is 0 Å². The summed E-state index contributed by atoms with van der Waals surface area (Å²) in [5.41, 5.74) is 0. The molecule has 0 aliphatic carbocycles. The summed E-state index contributed by atoms with van der Waals surface area (Å²) in [6.07, 6.45) is 0. The number of hydrogen-bond donors (Lipinski definition) is 0. The minimum absolute atomic E-state index is 0. The average molecular weight is 526 g/mol. The van der Waals surface area contributed by atoms with Gasteiger partial charge in [-0.2, -0.15) is 0 Å². The normalized spacial score (nSPS) is 5.22. The van der Waals surface area contributed by atoms with E-state index in [1.165, 1.54) is 0 Å². The Labute approximate surface area is 239 Å². The molecule has 0 N–H and O–H groups in total. The fourth-order valence-corrected chi connectivity index (χ4v) is 0. The maximum Gasteiger partial charge on any atom is 3.00 e. The summed E-state index contributed by atoms with van der Waals surface area (Å²) in [5, 5.41) is 73.8. The van der Waals surface area contributed by atoms with Crippen LogP contribution in [0.1, 0.15) is 0 Å². The van der Waals surface area contributed by atoms with Gasteiger partial charge in [0.1, 0.15) is 0 Å². The molecular formula is N5O15Rb2Sc. The quantitative estimate of drug-likeness (QED) is 0.209. The summed E-state index contributed by atoms with van der Waals surface area (Å²) >= 11 is 0. The Hall–Kier alpha value is 0.481. The van der Waals surface area contributed by atoms with Crippen molar-refractivity contribution >= 4 is 0 Å². The zero-order chi connectivity index (χ0) is 17.9. The van der Waals surface area contributed by atoms with Crippen LogP contribution in [0.2, 0.25) is 0 Å². The maximum absolute atomic E-state index is 8.25. The van der Waals surface area contributed by atoms with Crippen LogP contribution in [0.25, 0.3) is 0 Å². The van der Waals surface area contributed by atoms with E-state index >= 15 is 0 Å². The van der Waals surface area contributed by atoms with Crippen molar-refractivity contribution in [2.24, 2.45) is 0 Å². The Kier molecular flexibility index (Phi) is 93.2. The second-order valence-electron chi connectivity index (χ2n) is 1.12. The van der Waals surface area contributed by atoms with Gasteiger partial charge in [-0.1, -0.05) is 0 Å². The van der Waals surface area contributed by atoms with Gasteiger partial charge in [-0.15, -0.1) is 0 Å². The van der Waals surface area contributed by atoms with Gasteiger partial charge in [-0.05, 0) is 0 Å². The zero-order valence-corrected chi connectivity index (χ0v) is 22.6. The SMILES string of the molecule is O=[N+]([O-])[O-].O=[N+]([O-])[O-].O=[N+]([O-])[O-].O=[N+]([O-])[O-].O=[N+]([O-])[O-].[Rb+].[Rb+].[Sc+3]. The summed E-state index contributed by atoms with van der Waals surface area (Å²) in [6, 6.07) is 0. The van der Waals surface area contributed by atoms with E-state index in [0.29, 0.717) is 0 Å². The van der Waals surface area contributed by atoms with Crippen molar-refractivity contribution in [3.05, 3.63) is 76.6 Å². The van der Waals surface area contributed by atoms with Gasteiger partial charge in [0.15, 0.2) is 0 Å². The molecule has 0 aromatic heterocycles. The second-order valence-corrected chi connectivity index (χ2v) is 1.12. The minimum atomic E-state index is -1.75. The van der Waals surface area contributed by atoms with Gasteiger partial charge in [0, 0.05) is 0 Å². The third-order valence-electron chi connectivity index (χ3n) is 0. The maximum atomic E-state index is 8.25. The molecule has 0 unspecified atom stereocenters. The summed E-state index contributed by atoms with van der Waals surface area (Å²) in [4.78, 5) is 41.2. The molecule has 23 heteroatoms. The van der Waals surface area contributed by atoms with Crippen LogP contribution in [-0.4, -0.2) is 25.4 Å². The van der Waals surface area contributed by atoms with E-state index < -0.39 is 25.4 Å². The summed E-state index contributed by atoms with van der Waals surface area (Å²) in [6.45, 7) is 0. The third kappa shape index (κ3) is 40800. The molecule has 20 nitrogen and oxygen atoms in total. The van der Waals surface area contributed by atoms with Crippen LogP contribution in [-0.2, 0) is 25.8 Å². The Bertz CT molecular complexity index is 217. The first-order valence-electron chi connectivity index (χ1n) is 2.74. The van der Waals surface area contributed by atoms with Gasteiger partial charge in [-0.3, -0.25) is 0 Å². The Balaban J connectivity index is -0.0000000197. The zero-order valence-electron chi connectivity index (χ0n) is 10.9. The monoisotopic (exact) mass is 525 g/mol. The van der Waals surface area contributed by atoms with Crippen LogP contribution >= 0.6 is 0 Å². The number of nitrogens with zero attached hydrogens (tertiary/aromatic N) is 5. The molecule has 0 aromatic rings. The van der Waals surface area contributed by atoms with E-state index in [0.717, 1.165) is 0 Å². The second kappa shape index (κ2) is 43.3. The third-order valence-corrected chi connectivity index (χ3v) is 0. The molecule has 0 heterocycles. The molecule has 23 heavy (non-hydrogen) atoms. The van der Waals surface area contributed by atoms with E-state index in [2.05, 4.69) is 0 Å². The van der Waals surface area contributed by atoms with Crippen molar-refractivity contribution in [3.63, 3.8) is 0 Å². The van der Waals surface area contributed by atoms with Crippen LogP contribution in [0.15, 0.2) is 0 Å². The molecule has 0 rings (SSSR count). The number of rotatable bonds is 0. The van der Waals surface area contributed by atoms with E-state index in [1.807, 2.05) is 0 Å². The van der Waals surface area contributed by atoms with E-state index in [-0.39, 0.29) is 142 Å². The smallest absolute Gasteiger partial charge is 0.356 e. The van der Waals surface area contributed by atoms with Crippen molar-refractivity contribution in [1.82, 2.24) is 0 Å². The molecule has 0 atom stereocenters. The Morgan fingerprint density at radius 3 is 0.348 bits per heavy atom. The summed E-state index contributed by atoms with van der Waals surface area (Å²) in [5.74, 6) is 0. The molecule has 0 saturated heterocycles. The molecule has 0 aromatic carbocycles. The van der Waals surface area contributed by atoms with Crippen LogP contribution in [0, 0.1) is 76.6 Å². The average Bonchev–Trinajstić information content (AvgIpc) is 1.94. The predicted molar refractivity (Wildman–Crippen MR) is 51.8 cm³/mol. The van der Waals surface area contributed by atoms with Gasteiger partial charge >= 0.3 is 142 Å². The molecule has 0 spiro atoms. The fraction of sp³-hybridized carbons (Fsp3) is 0. The minimum Gasteiger partial charge on any atom is -0.356 e. The first-order chi connectivity index (χ1) is 8.66. The molecule has 0 aliphatic heterocycles. The molecule has 0 bridgehead atoms. The molecule has 0 amide bonds. The predicted octanol–water partition coefficient (Wildman–Crippen LogP) is -7.19. The molecule has 0 saturated carbocycles. The van der Waals surface area contributed by atoms with Crippen molar-refractivity contribution in [3.8, 4) is 0 Å². The molecule has 120 valence electrons. The van der Waals surface area contributed by atoms with Gasteiger partial charge in [-0.25, -0.2) is 0 Å². The Morgan fingerprint density at radius 2 is 0.348 bits per heavy atom. The van der Waals surface area contributed by atoms with Gasteiger partial charge < -0.3 is 76.6 Å². The van der Waals surface area contributed by atoms with Crippen LogP contribution in [0.5, 0.6) is 0 Å². The van der Waals surface area contributed by atoms with Crippen molar-refractivity contribution in [2.45, 2.75) is 0 Å². The van der Waals surface area contributed by atoms with Gasteiger partial charge in [0.05, 0.1) is 25.4 Å². The van der Waals surface area contributed by atoms with Gasteiger partial charge in [0.2, 0.25) is 0 Å². The van der Waals surface area contributed by atoms with Crippen molar-refractivity contribution in [2.75, 3.05) is 0 Å². The molecule has 0 radical (unpaired) electrons. The first kappa shape index (κ1) is 49.5. The summed E-state index contributed by atoms with van der Waals surface area (Å²) in [7, 11) is 0. The van der Waals surface area contributed by atoms with E-state index in [4.69, 9.17) is 76.6 Å². The van der Waals surface area contributed by atoms with E-state index in [1.54, 1.807) is 0 Å².